The summed E-state index contributed by atoms with van der Waals surface area (Å²) in [4.78, 5) is 28.4. The zero-order valence-electron chi connectivity index (χ0n) is 19.5. The molecule has 3 aromatic carbocycles. The lowest BCUT2D eigenvalue weighted by molar-refractivity contribution is -0.137. The molecule has 0 saturated carbocycles. The van der Waals surface area contributed by atoms with Crippen molar-refractivity contribution in [1.82, 2.24) is 15.7 Å². The number of oxazole rings is 1. The Balaban J connectivity index is 1.61. The Hall–Kier alpha value is -4.17. The van der Waals surface area contributed by atoms with Gasteiger partial charge in [0.1, 0.15) is 5.52 Å². The normalized spacial score (nSPS) is 10.9. The third-order valence-electron chi connectivity index (χ3n) is 5.42. The molecule has 0 radical (unpaired) electrons. The van der Waals surface area contributed by atoms with Crippen molar-refractivity contribution in [2.75, 3.05) is 18.1 Å². The largest absolute Gasteiger partial charge is 0.481 e. The molecule has 0 saturated heterocycles. The number of nitrogens with zero attached hydrogens (tertiary/aromatic N) is 2. The minimum Gasteiger partial charge on any atom is -0.481 e. The molecule has 1 heterocycles. The van der Waals surface area contributed by atoms with Crippen molar-refractivity contribution in [2.24, 2.45) is 0 Å². The number of rotatable bonds is 10. The molecule has 0 fully saturated rings. The predicted molar refractivity (Wildman–Crippen MR) is 136 cm³/mol. The topological polar surface area (TPSA) is 108 Å². The standard InChI is InChI=1S/C27H28N4O4/c1-2-16-29-31(27(34)28-17-8-15-24(32)33)21-12-6-11-20(18-21)26-30-25-22(13-7-14-23(25)35-26)19-9-4-3-5-10-19/h3-7,9-14,18,29H,2,8,15-17H2,1H3,(H,28,34)(H,32,33). The molecule has 35 heavy (non-hydrogen) atoms. The molecule has 8 heteroatoms. The maximum atomic E-state index is 12.9. The van der Waals surface area contributed by atoms with Crippen molar-refractivity contribution in [2.45, 2.75) is 26.2 Å². The van der Waals surface area contributed by atoms with Gasteiger partial charge in [-0.2, -0.15) is 0 Å². The van der Waals surface area contributed by atoms with Gasteiger partial charge in [-0.05, 0) is 42.7 Å². The van der Waals surface area contributed by atoms with E-state index in [2.05, 4.69) is 10.7 Å². The molecule has 2 amide bonds. The summed E-state index contributed by atoms with van der Waals surface area (Å²) in [6, 6.07) is 22.9. The number of fused-ring (bicyclic) bond motifs is 1. The second-order valence-electron chi connectivity index (χ2n) is 8.06. The number of carboxylic acid groups (broad SMARTS) is 1. The monoisotopic (exact) mass is 472 g/mol. The van der Waals surface area contributed by atoms with E-state index in [1.165, 1.54) is 5.01 Å². The molecule has 0 atom stereocenters. The van der Waals surface area contributed by atoms with Crippen LogP contribution < -0.4 is 15.8 Å². The van der Waals surface area contributed by atoms with Crippen LogP contribution in [0.4, 0.5) is 10.5 Å². The number of carboxylic acids is 1. The Morgan fingerprint density at radius 3 is 2.51 bits per heavy atom. The maximum Gasteiger partial charge on any atom is 0.336 e. The van der Waals surface area contributed by atoms with Crippen molar-refractivity contribution in [3.8, 4) is 22.6 Å². The first-order valence-electron chi connectivity index (χ1n) is 11.7. The highest BCUT2D eigenvalue weighted by atomic mass is 16.4. The van der Waals surface area contributed by atoms with E-state index in [1.54, 1.807) is 0 Å². The number of aliphatic carboxylic acids is 1. The highest BCUT2D eigenvalue weighted by Gasteiger charge is 2.18. The van der Waals surface area contributed by atoms with Crippen molar-refractivity contribution in [3.05, 3.63) is 72.8 Å². The molecule has 3 N–H and O–H groups in total. The molecule has 4 rings (SSSR count). The number of hydrogen-bond donors (Lipinski definition) is 3. The van der Waals surface area contributed by atoms with Gasteiger partial charge < -0.3 is 14.8 Å². The summed E-state index contributed by atoms with van der Waals surface area (Å²) < 4.78 is 6.09. The van der Waals surface area contributed by atoms with E-state index in [1.807, 2.05) is 79.7 Å². The van der Waals surface area contributed by atoms with Gasteiger partial charge in [0.05, 0.1) is 5.69 Å². The minimum absolute atomic E-state index is 0.000839. The first kappa shape index (κ1) is 24.0. The fourth-order valence-corrected chi connectivity index (χ4v) is 3.72. The van der Waals surface area contributed by atoms with Crippen LogP contribution in [0.25, 0.3) is 33.7 Å². The van der Waals surface area contributed by atoms with Gasteiger partial charge in [0, 0.05) is 30.6 Å². The molecule has 4 aromatic rings. The molecular weight excluding hydrogens is 444 g/mol. The smallest absolute Gasteiger partial charge is 0.336 e. The third-order valence-corrected chi connectivity index (χ3v) is 5.42. The second kappa shape index (κ2) is 11.3. The molecule has 0 unspecified atom stereocenters. The van der Waals surface area contributed by atoms with Crippen LogP contribution in [0.15, 0.2) is 77.2 Å². The Morgan fingerprint density at radius 1 is 0.971 bits per heavy atom. The minimum atomic E-state index is -0.887. The van der Waals surface area contributed by atoms with Gasteiger partial charge in [-0.3, -0.25) is 4.79 Å². The van der Waals surface area contributed by atoms with Crippen LogP contribution in [0, 0.1) is 0 Å². The molecule has 8 nitrogen and oxygen atoms in total. The Bertz CT molecular complexity index is 1300. The number of carbonyl (C=O) groups is 2. The number of amides is 2. The van der Waals surface area contributed by atoms with Gasteiger partial charge in [-0.1, -0.05) is 55.5 Å². The van der Waals surface area contributed by atoms with Crippen LogP contribution >= 0.6 is 0 Å². The summed E-state index contributed by atoms with van der Waals surface area (Å²) in [5.74, 6) is -0.427. The SMILES string of the molecule is CCCNN(C(=O)NCCCC(=O)O)c1cccc(-c2nc3c(-c4ccccc4)cccc3o2)c1. The highest BCUT2D eigenvalue weighted by molar-refractivity contribution is 5.93. The van der Waals surface area contributed by atoms with E-state index in [-0.39, 0.29) is 19.0 Å². The fraction of sp³-hybridized carbons (Fsp3) is 0.222. The lowest BCUT2D eigenvalue weighted by Crippen LogP contribution is -2.49. The highest BCUT2D eigenvalue weighted by Crippen LogP contribution is 2.32. The number of para-hydroxylation sites is 1. The lowest BCUT2D eigenvalue weighted by Gasteiger charge is -2.24. The molecule has 0 aliphatic carbocycles. The average Bonchev–Trinajstić information content (AvgIpc) is 3.32. The number of nitrogens with one attached hydrogen (secondary N) is 2. The Morgan fingerprint density at radius 2 is 1.74 bits per heavy atom. The summed E-state index contributed by atoms with van der Waals surface area (Å²) in [7, 11) is 0. The van der Waals surface area contributed by atoms with Gasteiger partial charge >= 0.3 is 12.0 Å². The quantitative estimate of drug-likeness (QED) is 0.209. The first-order valence-corrected chi connectivity index (χ1v) is 11.7. The summed E-state index contributed by atoms with van der Waals surface area (Å²) in [5.41, 5.74) is 7.99. The van der Waals surface area contributed by atoms with Crippen molar-refractivity contribution in [3.63, 3.8) is 0 Å². The average molecular weight is 473 g/mol. The van der Waals surface area contributed by atoms with Crippen molar-refractivity contribution >= 4 is 28.8 Å². The summed E-state index contributed by atoms with van der Waals surface area (Å²) >= 11 is 0. The second-order valence-corrected chi connectivity index (χ2v) is 8.06. The van der Waals surface area contributed by atoms with Crippen LogP contribution in [0.1, 0.15) is 26.2 Å². The number of hydrogen-bond acceptors (Lipinski definition) is 5. The molecule has 0 aliphatic rings. The molecule has 0 bridgehead atoms. The van der Waals surface area contributed by atoms with E-state index >= 15 is 0 Å². The van der Waals surface area contributed by atoms with Crippen molar-refractivity contribution < 1.29 is 19.1 Å². The number of carbonyl (C=O) groups excluding carboxylic acids is 1. The van der Waals surface area contributed by atoms with E-state index in [0.717, 1.165) is 28.6 Å². The number of benzene rings is 3. The van der Waals surface area contributed by atoms with E-state index < -0.39 is 5.97 Å². The van der Waals surface area contributed by atoms with Crippen LogP contribution in [0.2, 0.25) is 0 Å². The molecule has 0 spiro atoms. The van der Waals surface area contributed by atoms with Gasteiger partial charge in [-0.25, -0.2) is 20.2 Å². The number of anilines is 1. The predicted octanol–water partition coefficient (Wildman–Crippen LogP) is 5.46. The Labute approximate surface area is 203 Å². The van der Waals surface area contributed by atoms with Crippen LogP contribution in [0.3, 0.4) is 0 Å². The van der Waals surface area contributed by atoms with Crippen LogP contribution in [-0.4, -0.2) is 35.2 Å². The van der Waals surface area contributed by atoms with Gasteiger partial charge in [0.15, 0.2) is 5.58 Å². The third kappa shape index (κ3) is 5.85. The van der Waals surface area contributed by atoms with Crippen LogP contribution in [0.5, 0.6) is 0 Å². The number of hydrazine groups is 1. The van der Waals surface area contributed by atoms with Crippen molar-refractivity contribution in [1.29, 1.82) is 0 Å². The number of aromatic nitrogens is 1. The molecule has 0 aliphatic heterocycles. The van der Waals surface area contributed by atoms with E-state index in [0.29, 0.717) is 30.1 Å². The zero-order valence-corrected chi connectivity index (χ0v) is 19.5. The molecular formula is C27H28N4O4. The number of urea groups is 1. The Kier molecular flexibility index (Phi) is 7.74. The van der Waals surface area contributed by atoms with Gasteiger partial charge in [0.2, 0.25) is 5.89 Å². The van der Waals surface area contributed by atoms with Crippen LogP contribution in [-0.2, 0) is 4.79 Å². The summed E-state index contributed by atoms with van der Waals surface area (Å²) in [6.45, 7) is 2.87. The maximum absolute atomic E-state index is 12.9. The van der Waals surface area contributed by atoms with E-state index in [4.69, 9.17) is 14.5 Å². The lowest BCUT2D eigenvalue weighted by atomic mass is 10.0. The van der Waals surface area contributed by atoms with E-state index in [9.17, 15) is 9.59 Å². The summed E-state index contributed by atoms with van der Waals surface area (Å²) in [6.07, 6.45) is 1.19. The van der Waals surface area contributed by atoms with Gasteiger partial charge in [-0.15, -0.1) is 0 Å². The molecule has 180 valence electrons. The fourth-order valence-electron chi connectivity index (χ4n) is 3.72. The zero-order chi connectivity index (χ0) is 24.6. The summed E-state index contributed by atoms with van der Waals surface area (Å²) in [5, 5.41) is 13.0. The molecule has 1 aromatic heterocycles. The first-order chi connectivity index (χ1) is 17.1. The van der Waals surface area contributed by atoms with Gasteiger partial charge in [0.25, 0.3) is 0 Å².